The molecule has 0 aromatic heterocycles. The highest BCUT2D eigenvalue weighted by atomic mass is 32.2. The molecule has 0 bridgehead atoms. The molecule has 0 saturated heterocycles. The summed E-state index contributed by atoms with van der Waals surface area (Å²) in [5.41, 5.74) is 4.79. The summed E-state index contributed by atoms with van der Waals surface area (Å²) >= 11 is 1.47. The molecule has 7 heteroatoms. The molecule has 4 rings (SSSR count). The summed E-state index contributed by atoms with van der Waals surface area (Å²) in [6.45, 7) is 7.96. The van der Waals surface area contributed by atoms with E-state index in [1.165, 1.54) is 11.8 Å². The topological polar surface area (TPSA) is 71.0 Å². The molecule has 0 saturated carbocycles. The highest BCUT2D eigenvalue weighted by Gasteiger charge is 2.42. The Morgan fingerprint density at radius 1 is 1.12 bits per heavy atom. The first-order valence-electron chi connectivity index (χ1n) is 11.4. The number of fused-ring (bicyclic) bond motifs is 1. The van der Waals surface area contributed by atoms with Gasteiger partial charge in [-0.1, -0.05) is 71.9 Å². The van der Waals surface area contributed by atoms with Crippen LogP contribution in [0.15, 0.2) is 76.3 Å². The number of esters is 1. The number of hydrogen-bond donors (Lipinski definition) is 1. The minimum Gasteiger partial charge on any atom is -0.463 e. The van der Waals surface area contributed by atoms with Crippen molar-refractivity contribution in [2.24, 2.45) is 4.99 Å². The smallest absolute Gasteiger partial charge is 0.338 e. The largest absolute Gasteiger partial charge is 0.463 e. The highest BCUT2D eigenvalue weighted by Crippen LogP contribution is 2.47. The maximum absolute atomic E-state index is 13.4. The van der Waals surface area contributed by atoms with E-state index in [1.807, 2.05) is 85.7 Å². The van der Waals surface area contributed by atoms with Crippen molar-refractivity contribution >= 4 is 34.5 Å². The van der Waals surface area contributed by atoms with Crippen LogP contribution in [0.2, 0.25) is 0 Å². The average Bonchev–Trinajstić information content (AvgIpc) is 3.21. The monoisotopic (exact) mass is 475 g/mol. The van der Waals surface area contributed by atoms with E-state index in [9.17, 15) is 9.59 Å². The molecular weight excluding hydrogens is 446 g/mol. The van der Waals surface area contributed by atoms with E-state index in [-0.39, 0.29) is 25.0 Å². The number of thioether (sulfide) groups is 1. The van der Waals surface area contributed by atoms with E-state index in [1.54, 1.807) is 6.92 Å². The average molecular weight is 476 g/mol. The third kappa shape index (κ3) is 4.94. The number of rotatable bonds is 7. The van der Waals surface area contributed by atoms with Crippen LogP contribution >= 0.6 is 11.8 Å². The summed E-state index contributed by atoms with van der Waals surface area (Å²) in [5.74, 6) is -0.473. The van der Waals surface area contributed by atoms with Gasteiger partial charge in [-0.3, -0.25) is 4.79 Å². The van der Waals surface area contributed by atoms with Crippen molar-refractivity contribution in [2.75, 3.05) is 6.61 Å². The number of carbonyl (C=O) groups is 2. The third-order valence-corrected chi connectivity index (χ3v) is 6.43. The van der Waals surface area contributed by atoms with Gasteiger partial charge in [0.2, 0.25) is 5.91 Å². The molecule has 34 heavy (non-hydrogen) atoms. The molecule has 0 unspecified atom stereocenters. The first-order valence-corrected chi connectivity index (χ1v) is 12.3. The maximum Gasteiger partial charge on any atom is 0.338 e. The van der Waals surface area contributed by atoms with Crippen LogP contribution in [0, 0.1) is 6.92 Å². The molecule has 0 radical (unpaired) electrons. The fourth-order valence-electron chi connectivity index (χ4n) is 4.09. The molecule has 176 valence electrons. The van der Waals surface area contributed by atoms with Gasteiger partial charge < -0.3 is 15.0 Å². The van der Waals surface area contributed by atoms with E-state index < -0.39 is 12.0 Å². The van der Waals surface area contributed by atoms with Gasteiger partial charge in [-0.15, -0.1) is 0 Å². The van der Waals surface area contributed by atoms with E-state index >= 15 is 0 Å². The van der Waals surface area contributed by atoms with Gasteiger partial charge in [0.1, 0.15) is 0 Å². The minimum atomic E-state index is -0.463. The van der Waals surface area contributed by atoms with E-state index in [2.05, 4.69) is 5.32 Å². The van der Waals surface area contributed by atoms with Gasteiger partial charge in [0.05, 0.1) is 30.3 Å². The van der Waals surface area contributed by atoms with Crippen molar-refractivity contribution in [2.45, 2.75) is 46.2 Å². The van der Waals surface area contributed by atoms with Crippen LogP contribution in [0.4, 0.5) is 0 Å². The summed E-state index contributed by atoms with van der Waals surface area (Å²) in [6.07, 6.45) is 0.198. The second kappa shape index (κ2) is 10.3. The van der Waals surface area contributed by atoms with E-state index in [4.69, 9.17) is 9.73 Å². The Kier molecular flexibility index (Phi) is 7.22. The molecule has 0 spiro atoms. The van der Waals surface area contributed by atoms with Gasteiger partial charge >= 0.3 is 5.97 Å². The molecule has 2 heterocycles. The lowest BCUT2D eigenvalue weighted by molar-refractivity contribution is -0.139. The van der Waals surface area contributed by atoms with E-state index in [0.717, 1.165) is 27.6 Å². The number of nitrogens with zero attached hydrogens (tertiary/aromatic N) is 2. The second-order valence-electron chi connectivity index (χ2n) is 8.55. The summed E-state index contributed by atoms with van der Waals surface area (Å²) in [6, 6.07) is 17.4. The first kappa shape index (κ1) is 23.8. The van der Waals surface area contributed by atoms with Crippen LogP contribution in [0.3, 0.4) is 0 Å². The van der Waals surface area contributed by atoms with Crippen LogP contribution in [-0.2, 0) is 14.3 Å². The number of ether oxygens (including phenoxy) is 1. The SMILES string of the molecule is CCOC(=O)C1=C(c2ccccc2)N=C2SC=C(CC(=O)NC(C)C)N2[C@H]1c1ccc(C)cc1. The molecule has 0 fully saturated rings. The number of hydrogen-bond acceptors (Lipinski definition) is 6. The standard InChI is InChI=1S/C27H29N3O3S/c1-5-33-26(32)23-24(19-9-7-6-8-10-19)29-27-30(25(23)20-13-11-18(4)12-14-20)21(16-34-27)15-22(31)28-17(2)3/h6-14,16-17,25H,5,15H2,1-4H3,(H,28,31)/t25-/m0/s1. The first-order chi connectivity index (χ1) is 16.4. The molecule has 2 aromatic rings. The molecule has 2 aliphatic rings. The normalized spacial score (nSPS) is 17.3. The molecule has 1 atom stereocenters. The van der Waals surface area contributed by atoms with Crippen molar-refractivity contribution in [1.82, 2.24) is 10.2 Å². The number of amides is 1. The van der Waals surface area contributed by atoms with Crippen LogP contribution in [-0.4, -0.2) is 34.6 Å². The van der Waals surface area contributed by atoms with Gasteiger partial charge in [-0.05, 0) is 38.7 Å². The Balaban J connectivity index is 1.86. The van der Waals surface area contributed by atoms with Gasteiger partial charge in [-0.25, -0.2) is 9.79 Å². The number of nitrogens with one attached hydrogen (secondary N) is 1. The van der Waals surface area contributed by atoms with Crippen LogP contribution < -0.4 is 5.32 Å². The zero-order valence-corrected chi connectivity index (χ0v) is 20.7. The van der Waals surface area contributed by atoms with Crippen molar-refractivity contribution in [3.05, 3.63) is 88.0 Å². The molecule has 1 amide bonds. The Morgan fingerprint density at radius 2 is 1.82 bits per heavy atom. The number of aryl methyl sites for hydroxylation is 1. The molecule has 2 aliphatic heterocycles. The minimum absolute atomic E-state index is 0.0456. The fourth-order valence-corrected chi connectivity index (χ4v) is 5.01. The van der Waals surface area contributed by atoms with Gasteiger partial charge in [0, 0.05) is 17.3 Å². The predicted molar refractivity (Wildman–Crippen MR) is 137 cm³/mol. The van der Waals surface area contributed by atoms with E-state index in [0.29, 0.717) is 11.3 Å². The van der Waals surface area contributed by atoms with Crippen molar-refractivity contribution < 1.29 is 14.3 Å². The number of amidine groups is 1. The molecular formula is C27H29N3O3S. The van der Waals surface area contributed by atoms with Crippen molar-refractivity contribution in [3.63, 3.8) is 0 Å². The number of aliphatic imine (C=N–C) groups is 1. The number of carbonyl (C=O) groups excluding carboxylic acids is 2. The van der Waals surface area contributed by atoms with Crippen molar-refractivity contribution in [3.8, 4) is 0 Å². The Morgan fingerprint density at radius 3 is 2.47 bits per heavy atom. The lowest BCUT2D eigenvalue weighted by Gasteiger charge is -2.37. The summed E-state index contributed by atoms with van der Waals surface area (Å²) in [5, 5.41) is 5.65. The predicted octanol–water partition coefficient (Wildman–Crippen LogP) is 5.19. The van der Waals surface area contributed by atoms with Crippen LogP contribution in [0.25, 0.3) is 5.70 Å². The quantitative estimate of drug-likeness (QED) is 0.559. The Hall–Kier alpha value is -3.32. The fraction of sp³-hybridized carbons (Fsp3) is 0.296. The Bertz CT molecular complexity index is 1170. The third-order valence-electron chi connectivity index (χ3n) is 5.54. The lowest BCUT2D eigenvalue weighted by atomic mass is 9.91. The molecule has 2 aromatic carbocycles. The van der Waals surface area contributed by atoms with Crippen molar-refractivity contribution in [1.29, 1.82) is 0 Å². The molecule has 1 N–H and O–H groups in total. The zero-order valence-electron chi connectivity index (χ0n) is 19.9. The summed E-state index contributed by atoms with van der Waals surface area (Å²) in [4.78, 5) is 33.0. The van der Waals surface area contributed by atoms with Crippen LogP contribution in [0.5, 0.6) is 0 Å². The number of benzene rings is 2. The lowest BCUT2D eigenvalue weighted by Crippen LogP contribution is -2.38. The maximum atomic E-state index is 13.4. The van der Waals surface area contributed by atoms with Crippen LogP contribution in [0.1, 0.15) is 49.9 Å². The van der Waals surface area contributed by atoms with Gasteiger partial charge in [0.25, 0.3) is 0 Å². The van der Waals surface area contributed by atoms with Gasteiger partial charge in [-0.2, -0.15) is 0 Å². The molecule has 6 nitrogen and oxygen atoms in total. The highest BCUT2D eigenvalue weighted by molar-refractivity contribution is 8.16. The zero-order chi connectivity index (χ0) is 24.2. The molecule has 0 aliphatic carbocycles. The second-order valence-corrected chi connectivity index (χ2v) is 9.39. The van der Waals surface area contributed by atoms with Gasteiger partial charge in [0.15, 0.2) is 5.17 Å². The Labute approximate surface area is 204 Å². The summed E-state index contributed by atoms with van der Waals surface area (Å²) in [7, 11) is 0. The summed E-state index contributed by atoms with van der Waals surface area (Å²) < 4.78 is 5.53.